The normalized spacial score (nSPS) is 18.9. The number of aromatic nitrogens is 2. The number of aryl methyl sites for hydroxylation is 1. The number of rotatable bonds is 4. The third-order valence-electron chi connectivity index (χ3n) is 3.46. The molecule has 0 spiro atoms. The fourth-order valence-electron chi connectivity index (χ4n) is 2.31. The number of piperidine rings is 1. The molecule has 0 aliphatic carbocycles. The van der Waals surface area contributed by atoms with Gasteiger partial charge >= 0.3 is 0 Å². The van der Waals surface area contributed by atoms with Gasteiger partial charge in [-0.1, -0.05) is 6.42 Å². The standard InChI is InChI=1S/C13H22N4/c1-11(17-8-4-3-5-9-17)10-16-13-12(2)14-6-7-15-13/h6-7,11H,3-5,8-10H2,1-2H3,(H,15,16). The molecule has 1 atom stereocenters. The molecule has 1 unspecified atom stereocenters. The number of hydrogen-bond donors (Lipinski definition) is 1. The van der Waals surface area contributed by atoms with E-state index in [1.807, 2.05) is 6.92 Å². The Morgan fingerprint density at radius 2 is 1.94 bits per heavy atom. The van der Waals surface area contributed by atoms with Crippen molar-refractivity contribution in [2.24, 2.45) is 0 Å². The smallest absolute Gasteiger partial charge is 0.147 e. The van der Waals surface area contributed by atoms with Crippen molar-refractivity contribution in [3.63, 3.8) is 0 Å². The highest BCUT2D eigenvalue weighted by atomic mass is 15.2. The largest absolute Gasteiger partial charge is 0.367 e. The molecule has 0 saturated carbocycles. The van der Waals surface area contributed by atoms with Gasteiger partial charge in [0.2, 0.25) is 0 Å². The molecule has 0 bridgehead atoms. The van der Waals surface area contributed by atoms with Crippen molar-refractivity contribution in [2.45, 2.75) is 39.2 Å². The van der Waals surface area contributed by atoms with Crippen LogP contribution in [0.25, 0.3) is 0 Å². The van der Waals surface area contributed by atoms with E-state index in [1.54, 1.807) is 12.4 Å². The van der Waals surface area contributed by atoms with Gasteiger partial charge in [0.1, 0.15) is 5.82 Å². The van der Waals surface area contributed by atoms with Crippen molar-refractivity contribution >= 4 is 5.82 Å². The lowest BCUT2D eigenvalue weighted by Crippen LogP contribution is -2.41. The number of nitrogens with one attached hydrogen (secondary N) is 1. The molecule has 1 aliphatic heterocycles. The van der Waals surface area contributed by atoms with E-state index in [0.717, 1.165) is 18.1 Å². The molecular weight excluding hydrogens is 212 g/mol. The second-order valence-corrected chi connectivity index (χ2v) is 4.82. The molecule has 0 amide bonds. The lowest BCUT2D eigenvalue weighted by Gasteiger charge is -2.32. The van der Waals surface area contributed by atoms with E-state index >= 15 is 0 Å². The fraction of sp³-hybridized carbons (Fsp3) is 0.692. The minimum absolute atomic E-state index is 0.566. The molecule has 1 N–H and O–H groups in total. The summed E-state index contributed by atoms with van der Waals surface area (Å²) in [5, 5.41) is 3.39. The summed E-state index contributed by atoms with van der Waals surface area (Å²) >= 11 is 0. The first-order valence-corrected chi connectivity index (χ1v) is 6.53. The molecule has 0 radical (unpaired) electrons. The van der Waals surface area contributed by atoms with Crippen LogP contribution in [0.2, 0.25) is 0 Å². The van der Waals surface area contributed by atoms with Gasteiger partial charge in [-0.15, -0.1) is 0 Å². The Morgan fingerprint density at radius 3 is 2.65 bits per heavy atom. The average molecular weight is 234 g/mol. The zero-order valence-corrected chi connectivity index (χ0v) is 10.8. The molecule has 2 rings (SSSR count). The van der Waals surface area contributed by atoms with Gasteiger partial charge in [-0.2, -0.15) is 0 Å². The Labute approximate surface area is 103 Å². The summed E-state index contributed by atoms with van der Waals surface area (Å²) in [4.78, 5) is 11.1. The van der Waals surface area contributed by atoms with Crippen LogP contribution in [0.5, 0.6) is 0 Å². The van der Waals surface area contributed by atoms with Crippen LogP contribution in [0, 0.1) is 6.92 Å². The third-order valence-corrected chi connectivity index (χ3v) is 3.46. The molecule has 2 heterocycles. The molecule has 94 valence electrons. The summed E-state index contributed by atoms with van der Waals surface area (Å²) < 4.78 is 0. The number of hydrogen-bond acceptors (Lipinski definition) is 4. The van der Waals surface area contributed by atoms with Crippen LogP contribution in [0.3, 0.4) is 0 Å². The highest BCUT2D eigenvalue weighted by Gasteiger charge is 2.16. The summed E-state index contributed by atoms with van der Waals surface area (Å²) in [6.45, 7) is 7.69. The summed E-state index contributed by atoms with van der Waals surface area (Å²) in [7, 11) is 0. The Kier molecular flexibility index (Phi) is 4.31. The lowest BCUT2D eigenvalue weighted by molar-refractivity contribution is 0.180. The van der Waals surface area contributed by atoms with Crippen molar-refractivity contribution in [3.05, 3.63) is 18.1 Å². The first-order chi connectivity index (χ1) is 8.27. The van der Waals surface area contributed by atoms with Gasteiger partial charge in [0.25, 0.3) is 0 Å². The fourth-order valence-corrected chi connectivity index (χ4v) is 2.31. The third kappa shape index (κ3) is 3.40. The van der Waals surface area contributed by atoms with Crippen molar-refractivity contribution in [1.29, 1.82) is 0 Å². The lowest BCUT2D eigenvalue weighted by atomic mass is 10.1. The van der Waals surface area contributed by atoms with E-state index in [0.29, 0.717) is 6.04 Å². The number of anilines is 1. The monoisotopic (exact) mass is 234 g/mol. The molecule has 1 aliphatic rings. The molecule has 17 heavy (non-hydrogen) atoms. The SMILES string of the molecule is Cc1nccnc1NCC(C)N1CCCCC1. The van der Waals surface area contributed by atoms with Crippen LogP contribution < -0.4 is 5.32 Å². The molecular formula is C13H22N4. The number of nitrogens with zero attached hydrogens (tertiary/aromatic N) is 3. The van der Waals surface area contributed by atoms with Crippen molar-refractivity contribution in [2.75, 3.05) is 25.0 Å². The van der Waals surface area contributed by atoms with Gasteiger partial charge < -0.3 is 5.32 Å². The van der Waals surface area contributed by atoms with Gasteiger partial charge in [-0.3, -0.25) is 9.88 Å². The minimum Gasteiger partial charge on any atom is -0.367 e. The van der Waals surface area contributed by atoms with E-state index in [4.69, 9.17) is 0 Å². The molecule has 4 nitrogen and oxygen atoms in total. The molecule has 0 aromatic carbocycles. The maximum Gasteiger partial charge on any atom is 0.147 e. The van der Waals surface area contributed by atoms with Crippen molar-refractivity contribution in [3.8, 4) is 0 Å². The summed E-state index contributed by atoms with van der Waals surface area (Å²) in [5.41, 5.74) is 0.971. The van der Waals surface area contributed by atoms with Gasteiger partial charge in [0.05, 0.1) is 5.69 Å². The topological polar surface area (TPSA) is 41.1 Å². The second-order valence-electron chi connectivity index (χ2n) is 4.82. The second kappa shape index (κ2) is 5.96. The van der Waals surface area contributed by atoms with Crippen LogP contribution in [0.15, 0.2) is 12.4 Å². The molecule has 1 fully saturated rings. The maximum atomic E-state index is 4.30. The predicted octanol–water partition coefficient (Wildman–Crippen LogP) is 2.07. The average Bonchev–Trinajstić information content (AvgIpc) is 2.38. The van der Waals surface area contributed by atoms with E-state index < -0.39 is 0 Å². The van der Waals surface area contributed by atoms with Crippen LogP contribution in [0.4, 0.5) is 5.82 Å². The van der Waals surface area contributed by atoms with Gasteiger partial charge in [-0.25, -0.2) is 4.98 Å². The Morgan fingerprint density at radius 1 is 1.24 bits per heavy atom. The van der Waals surface area contributed by atoms with E-state index in [9.17, 15) is 0 Å². The summed E-state index contributed by atoms with van der Waals surface area (Å²) in [6, 6.07) is 0.566. The first-order valence-electron chi connectivity index (χ1n) is 6.53. The van der Waals surface area contributed by atoms with Crippen LogP contribution >= 0.6 is 0 Å². The highest BCUT2D eigenvalue weighted by molar-refractivity contribution is 5.38. The van der Waals surface area contributed by atoms with E-state index in [1.165, 1.54) is 32.4 Å². The molecule has 1 aromatic rings. The molecule has 1 saturated heterocycles. The van der Waals surface area contributed by atoms with Crippen molar-refractivity contribution < 1.29 is 0 Å². The zero-order chi connectivity index (χ0) is 12.1. The molecule has 1 aromatic heterocycles. The quantitative estimate of drug-likeness (QED) is 0.866. The Bertz CT molecular complexity index is 347. The minimum atomic E-state index is 0.566. The Hall–Kier alpha value is -1.16. The Balaban J connectivity index is 1.83. The van der Waals surface area contributed by atoms with Gasteiger partial charge in [-0.05, 0) is 39.8 Å². The predicted molar refractivity (Wildman–Crippen MR) is 70.1 cm³/mol. The van der Waals surface area contributed by atoms with Crippen LogP contribution in [-0.4, -0.2) is 40.5 Å². The number of likely N-dealkylation sites (tertiary alicyclic amines) is 1. The van der Waals surface area contributed by atoms with Crippen LogP contribution in [0.1, 0.15) is 31.9 Å². The summed E-state index contributed by atoms with van der Waals surface area (Å²) in [6.07, 6.45) is 7.54. The van der Waals surface area contributed by atoms with E-state index in [-0.39, 0.29) is 0 Å². The zero-order valence-electron chi connectivity index (χ0n) is 10.8. The highest BCUT2D eigenvalue weighted by Crippen LogP contribution is 2.13. The first kappa shape index (κ1) is 12.3. The van der Waals surface area contributed by atoms with Crippen LogP contribution in [-0.2, 0) is 0 Å². The van der Waals surface area contributed by atoms with Crippen molar-refractivity contribution in [1.82, 2.24) is 14.9 Å². The van der Waals surface area contributed by atoms with Gasteiger partial charge in [0, 0.05) is 25.0 Å². The summed E-state index contributed by atoms with van der Waals surface area (Å²) in [5.74, 6) is 0.913. The van der Waals surface area contributed by atoms with E-state index in [2.05, 4.69) is 27.1 Å². The molecule has 4 heteroatoms. The maximum absolute atomic E-state index is 4.30. The van der Waals surface area contributed by atoms with Gasteiger partial charge in [0.15, 0.2) is 0 Å².